The number of aromatic nitrogens is 1. The van der Waals surface area contributed by atoms with E-state index in [0.29, 0.717) is 58.5 Å². The van der Waals surface area contributed by atoms with Crippen LogP contribution in [0.1, 0.15) is 131 Å². The maximum atomic E-state index is 15.1. The Morgan fingerprint density at radius 3 is 2.35 bits per heavy atom. The molecule has 0 bridgehead atoms. The molecule has 5 aliphatic rings. The quantitative estimate of drug-likeness (QED) is 0.176. The minimum atomic E-state index is -0.487. The maximum Gasteiger partial charge on any atom is 0.339 e. The average molecular weight is 756 g/mol. The zero-order valence-corrected chi connectivity index (χ0v) is 33.8. The van der Waals surface area contributed by atoms with E-state index in [1.807, 2.05) is 0 Å². The maximum absolute atomic E-state index is 15.1. The van der Waals surface area contributed by atoms with Crippen molar-refractivity contribution in [2.75, 3.05) is 13.7 Å². The average Bonchev–Trinajstić information content (AvgIpc) is 3.58. The molecule has 2 aromatic rings. The number of methoxy groups -OCH3 is 1. The van der Waals surface area contributed by atoms with Crippen LogP contribution in [0, 0.1) is 63.0 Å². The molecule has 10 atom stereocenters. The highest BCUT2D eigenvalue weighted by Crippen LogP contribution is 2.73. The number of carbonyl (C=O) groups is 3. The van der Waals surface area contributed by atoms with Crippen LogP contribution < -0.4 is 10.6 Å². The predicted molar refractivity (Wildman–Crippen MR) is 210 cm³/mol. The molecule has 1 heterocycles. The highest BCUT2D eigenvalue weighted by molar-refractivity contribution is 5.94. The number of nitrogens with one attached hydrogen (secondary N) is 2. The van der Waals surface area contributed by atoms with E-state index in [-0.39, 0.29) is 53.0 Å². The number of hydrogen-bond acceptors (Lipinski definition) is 6. The topological polar surface area (TPSA) is 118 Å². The largest absolute Gasteiger partial charge is 0.465 e. The highest BCUT2D eigenvalue weighted by Gasteiger charge is 2.68. The first-order valence-electron chi connectivity index (χ1n) is 20.8. The highest BCUT2D eigenvalue weighted by atomic mass is 19.1. The molecular weight excluding hydrogens is 694 g/mol. The SMILES string of the molecule is C=C(C)C1CCC2(C(=O)NCCc3cc(C(=O)NCc4ccc(C(=O)OC)cn4)ccc3F)CCC3C(CCC4C3(C)CCC3C(C)(C)C(O)CCC34C)C12. The van der Waals surface area contributed by atoms with E-state index in [4.69, 9.17) is 4.74 Å². The lowest BCUT2D eigenvalue weighted by molar-refractivity contribution is -0.216. The molecule has 9 heteroatoms. The van der Waals surface area contributed by atoms with Gasteiger partial charge in [-0.2, -0.15) is 0 Å². The van der Waals surface area contributed by atoms with Crippen molar-refractivity contribution >= 4 is 17.8 Å². The molecule has 8 nitrogen and oxygen atoms in total. The Balaban J connectivity index is 1.02. The van der Waals surface area contributed by atoms with Crippen LogP contribution in [-0.2, 0) is 22.5 Å². The second kappa shape index (κ2) is 14.7. The molecule has 0 spiro atoms. The van der Waals surface area contributed by atoms with Crippen LogP contribution in [0.3, 0.4) is 0 Å². The summed E-state index contributed by atoms with van der Waals surface area (Å²) in [4.78, 5) is 43.5. The number of allylic oxidation sites excluding steroid dienone is 1. The van der Waals surface area contributed by atoms with Crippen molar-refractivity contribution in [3.05, 3.63) is 76.9 Å². The van der Waals surface area contributed by atoms with Crippen molar-refractivity contribution < 1.29 is 28.6 Å². The lowest BCUT2D eigenvalue weighted by Crippen LogP contribution is -2.64. The van der Waals surface area contributed by atoms with Gasteiger partial charge in [0.05, 0.1) is 36.4 Å². The van der Waals surface area contributed by atoms with Crippen molar-refractivity contribution in [1.29, 1.82) is 0 Å². The molecule has 5 aliphatic carbocycles. The van der Waals surface area contributed by atoms with Gasteiger partial charge in [0.2, 0.25) is 5.91 Å². The number of fused-ring (bicyclic) bond motifs is 7. The summed E-state index contributed by atoms with van der Waals surface area (Å²) in [6, 6.07) is 7.56. The molecule has 0 aliphatic heterocycles. The van der Waals surface area contributed by atoms with Crippen LogP contribution >= 0.6 is 0 Å². The number of pyridine rings is 1. The van der Waals surface area contributed by atoms with Crippen molar-refractivity contribution in [1.82, 2.24) is 15.6 Å². The van der Waals surface area contributed by atoms with E-state index in [9.17, 15) is 19.5 Å². The third-order valence-corrected chi connectivity index (χ3v) is 16.3. The molecule has 7 rings (SSSR count). The Bertz CT molecular complexity index is 1830. The summed E-state index contributed by atoms with van der Waals surface area (Å²) in [5, 5.41) is 17.2. The van der Waals surface area contributed by atoms with E-state index in [1.165, 1.54) is 50.3 Å². The number of amides is 2. The minimum absolute atomic E-state index is 0.0713. The number of ether oxygens (including phenoxy) is 1. The number of halogens is 1. The fraction of sp³-hybridized carbons (Fsp3) is 0.652. The standard InChI is InChI=1S/C46H62FN3O5/c1-27(2)32-14-21-46(22-15-34-33(39(32)46)11-13-37-44(34,5)19-16-36-43(3,4)38(51)17-20-45(36,37)6)42(54)48-23-18-28-24-29(9-12-35(28)47)40(52)50-26-31-10-8-30(25-49-31)41(53)55-7/h8-10,12,24-25,32-34,36-39,51H,1,11,13-23,26H2,2-7H3,(H,48,54)(H,50,52). The van der Waals surface area contributed by atoms with Crippen LogP contribution in [0.2, 0.25) is 0 Å². The minimum Gasteiger partial charge on any atom is -0.465 e. The second-order valence-electron chi connectivity index (χ2n) is 19.1. The van der Waals surface area contributed by atoms with Gasteiger partial charge < -0.3 is 20.5 Å². The van der Waals surface area contributed by atoms with Gasteiger partial charge in [-0.25, -0.2) is 9.18 Å². The van der Waals surface area contributed by atoms with Gasteiger partial charge in [0.1, 0.15) is 5.82 Å². The van der Waals surface area contributed by atoms with E-state index in [0.717, 1.165) is 44.9 Å². The molecule has 0 saturated heterocycles. The Labute approximate surface area is 326 Å². The zero-order chi connectivity index (χ0) is 39.5. The molecule has 3 N–H and O–H groups in total. The number of aliphatic hydroxyl groups is 1. The molecule has 1 aromatic carbocycles. The lowest BCUT2D eigenvalue weighted by atomic mass is 9.36. The third kappa shape index (κ3) is 6.64. The first-order valence-corrected chi connectivity index (χ1v) is 20.8. The number of benzene rings is 1. The molecule has 1 aromatic heterocycles. The number of hydrogen-bond donors (Lipinski definition) is 3. The number of aliphatic hydroxyl groups excluding tert-OH is 1. The summed E-state index contributed by atoms with van der Waals surface area (Å²) in [7, 11) is 1.30. The number of carbonyl (C=O) groups excluding carboxylic acids is 3. The monoisotopic (exact) mass is 755 g/mol. The van der Waals surface area contributed by atoms with Crippen molar-refractivity contribution in [3.63, 3.8) is 0 Å². The molecule has 298 valence electrons. The number of esters is 1. The summed E-state index contributed by atoms with van der Waals surface area (Å²) < 4.78 is 19.8. The fourth-order valence-corrected chi connectivity index (χ4v) is 13.6. The number of nitrogens with zero attached hydrogens (tertiary/aromatic N) is 1. The molecule has 5 fully saturated rings. The van der Waals surface area contributed by atoms with Gasteiger partial charge in [-0.15, -0.1) is 0 Å². The van der Waals surface area contributed by atoms with Gasteiger partial charge in [-0.3, -0.25) is 14.6 Å². The van der Waals surface area contributed by atoms with Crippen LogP contribution in [0.5, 0.6) is 0 Å². The molecule has 2 amide bonds. The van der Waals surface area contributed by atoms with Crippen molar-refractivity contribution in [3.8, 4) is 0 Å². The molecule has 5 saturated carbocycles. The first kappa shape index (κ1) is 39.6. The van der Waals surface area contributed by atoms with Gasteiger partial charge >= 0.3 is 5.97 Å². The summed E-state index contributed by atoms with van der Waals surface area (Å²) in [6.45, 7) is 16.8. The van der Waals surface area contributed by atoms with Crippen molar-refractivity contribution in [2.45, 2.75) is 118 Å². The van der Waals surface area contributed by atoms with E-state index in [2.05, 4.69) is 56.8 Å². The predicted octanol–water partition coefficient (Wildman–Crippen LogP) is 8.22. The van der Waals surface area contributed by atoms with E-state index < -0.39 is 17.2 Å². The normalized spacial score (nSPS) is 36.0. The Kier molecular flexibility index (Phi) is 10.6. The van der Waals surface area contributed by atoms with Crippen LogP contribution in [0.15, 0.2) is 48.7 Å². The summed E-state index contributed by atoms with van der Waals surface area (Å²) in [5.41, 5.74) is 2.70. The van der Waals surface area contributed by atoms with Gasteiger partial charge in [0.25, 0.3) is 5.91 Å². The first-order chi connectivity index (χ1) is 26.1. The lowest BCUT2D eigenvalue weighted by Gasteiger charge is -2.69. The van der Waals surface area contributed by atoms with Crippen LogP contribution in [-0.4, -0.2) is 47.6 Å². The Morgan fingerprint density at radius 2 is 1.64 bits per heavy atom. The van der Waals surface area contributed by atoms with Gasteiger partial charge in [0.15, 0.2) is 0 Å². The Hall–Kier alpha value is -3.59. The van der Waals surface area contributed by atoms with E-state index in [1.54, 1.807) is 18.2 Å². The van der Waals surface area contributed by atoms with Gasteiger partial charge in [-0.05, 0) is 165 Å². The zero-order valence-electron chi connectivity index (χ0n) is 33.8. The Morgan fingerprint density at radius 1 is 0.909 bits per heavy atom. The molecule has 10 unspecified atom stereocenters. The molecule has 0 radical (unpaired) electrons. The third-order valence-electron chi connectivity index (χ3n) is 16.3. The van der Waals surface area contributed by atoms with Gasteiger partial charge in [0, 0.05) is 18.3 Å². The summed E-state index contributed by atoms with van der Waals surface area (Å²) >= 11 is 0. The number of rotatable bonds is 9. The second-order valence-corrected chi connectivity index (χ2v) is 19.1. The summed E-state index contributed by atoms with van der Waals surface area (Å²) in [5.74, 6) is 1.62. The van der Waals surface area contributed by atoms with Crippen molar-refractivity contribution in [2.24, 2.45) is 57.2 Å². The fourth-order valence-electron chi connectivity index (χ4n) is 13.6. The molecular formula is C46H62FN3O5. The van der Waals surface area contributed by atoms with Gasteiger partial charge in [-0.1, -0.05) is 39.8 Å². The van der Waals surface area contributed by atoms with Crippen LogP contribution in [0.4, 0.5) is 4.39 Å². The summed E-state index contributed by atoms with van der Waals surface area (Å²) in [6.07, 6.45) is 11.9. The van der Waals surface area contributed by atoms with Crippen LogP contribution in [0.25, 0.3) is 0 Å². The van der Waals surface area contributed by atoms with E-state index >= 15 is 4.39 Å². The smallest absolute Gasteiger partial charge is 0.339 e. The molecule has 55 heavy (non-hydrogen) atoms.